The molecule has 0 aliphatic heterocycles. The number of rotatable bonds is 45. The number of fused-ring (bicyclic) bond motifs is 2. The number of phenolic OH excluding ortho intramolecular Hbond substituents is 8. The molecule has 7 aromatic rings. The van der Waals surface area contributed by atoms with E-state index in [1.807, 2.05) is 18.2 Å². The van der Waals surface area contributed by atoms with Gasteiger partial charge in [0.2, 0.25) is 28.3 Å². The molecule has 2 heterocycles. The summed E-state index contributed by atoms with van der Waals surface area (Å²) < 4.78 is 47.0. The fourth-order valence-electron chi connectivity index (χ4n) is 10.7. The van der Waals surface area contributed by atoms with Crippen molar-refractivity contribution in [3.63, 3.8) is 0 Å². The van der Waals surface area contributed by atoms with Gasteiger partial charge in [0.25, 0.3) is 0 Å². The third kappa shape index (κ3) is 22.6. The number of aryl methyl sites for hydroxylation is 1. The van der Waals surface area contributed by atoms with E-state index in [1.165, 1.54) is 94.5 Å². The van der Waals surface area contributed by atoms with E-state index < -0.39 is 45.4 Å². The Kier molecular flexibility index (Phi) is 29.3. The molecule has 5 aromatic carbocycles. The largest absolute Gasteiger partial charge is 0.508 e. The highest BCUT2D eigenvalue weighted by atomic mass is 16.5. The number of Topliss-reactive ketones (excluding diaryl/α,β-unsaturated/α-hetero) is 2. The summed E-state index contributed by atoms with van der Waals surface area (Å²) in [5.74, 6) is -3.42. The lowest BCUT2D eigenvalue weighted by molar-refractivity contribution is -0.122. The minimum Gasteiger partial charge on any atom is -0.508 e. The van der Waals surface area contributed by atoms with Crippen LogP contribution >= 0.6 is 0 Å². The molecule has 0 spiro atoms. The molecule has 508 valence electrons. The van der Waals surface area contributed by atoms with Crippen LogP contribution in [0.15, 0.2) is 97.3 Å². The van der Waals surface area contributed by atoms with Gasteiger partial charge in [-0.25, -0.2) is 0 Å². The van der Waals surface area contributed by atoms with Gasteiger partial charge in [-0.3, -0.25) is 24.0 Å². The molecule has 2 aromatic heterocycles. The lowest BCUT2D eigenvalue weighted by Crippen LogP contribution is -2.28. The maximum absolute atomic E-state index is 13.5. The molecule has 0 saturated carbocycles. The van der Waals surface area contributed by atoms with Gasteiger partial charge in [-0.15, -0.1) is 0 Å². The predicted molar refractivity (Wildman–Crippen MR) is 353 cm³/mol. The standard InChI is InChI=1S/C72H89NO21/c1-2-3-4-5-6-7-8-9-10-11-12-13-14-20-50(74)21-15-19-47-25-30-60(89-33-17-23-51(75)22-16-32-87-36-38-91-71-67(85)65-58(82)43-52(76)45-62(65)93-69(71)48-26-28-54(78)56(80)41-48)61(40-47)90-34-18-24-64(84)73-31-35-88-37-39-92-72-68(86)66-59(83)44-53(77)46-63(66)94-70(72)49-27-29-55(79)57(81)42-49/h25-30,40-46,76-83H,2-24,31-39H2,1H3,(H,73,84). The summed E-state index contributed by atoms with van der Waals surface area (Å²) in [4.78, 5) is 65.7. The van der Waals surface area contributed by atoms with Crippen molar-refractivity contribution in [2.75, 3.05) is 59.4 Å². The minimum absolute atomic E-state index is 0.00217. The lowest BCUT2D eigenvalue weighted by Gasteiger charge is -2.15. The highest BCUT2D eigenvalue weighted by Crippen LogP contribution is 2.41. The Balaban J connectivity index is 0.824. The molecule has 22 nitrogen and oxygen atoms in total. The van der Waals surface area contributed by atoms with E-state index >= 15 is 0 Å². The maximum atomic E-state index is 13.5. The van der Waals surface area contributed by atoms with Crippen molar-refractivity contribution in [1.29, 1.82) is 0 Å². The molecule has 0 aliphatic rings. The summed E-state index contributed by atoms with van der Waals surface area (Å²) in [5, 5.41) is 83.2. The first-order chi connectivity index (χ1) is 45.5. The first-order valence-corrected chi connectivity index (χ1v) is 32.7. The summed E-state index contributed by atoms with van der Waals surface area (Å²) in [5.41, 5.74) is -0.464. The zero-order chi connectivity index (χ0) is 67.2. The number of carbonyl (C=O) groups excluding carboxylic acids is 3. The van der Waals surface area contributed by atoms with E-state index in [0.717, 1.165) is 55.2 Å². The highest BCUT2D eigenvalue weighted by molar-refractivity contribution is 5.90. The quantitative estimate of drug-likeness (QED) is 0.0126. The Morgan fingerprint density at radius 1 is 0.404 bits per heavy atom. The van der Waals surface area contributed by atoms with E-state index in [-0.39, 0.29) is 164 Å². The van der Waals surface area contributed by atoms with Crippen molar-refractivity contribution in [3.8, 4) is 91.6 Å². The maximum Gasteiger partial charge on any atom is 0.239 e. The summed E-state index contributed by atoms with van der Waals surface area (Å²) in [6.07, 6.45) is 20.5. The van der Waals surface area contributed by atoms with E-state index in [9.17, 15) is 64.8 Å². The van der Waals surface area contributed by atoms with Gasteiger partial charge in [0.15, 0.2) is 46.0 Å². The normalized spacial score (nSPS) is 11.3. The number of unbranched alkanes of at least 4 members (excludes halogenated alkanes) is 12. The van der Waals surface area contributed by atoms with Crippen molar-refractivity contribution < 1.29 is 92.5 Å². The fourth-order valence-corrected chi connectivity index (χ4v) is 10.7. The number of ether oxygens (including phenoxy) is 6. The molecular formula is C72H89NO21. The van der Waals surface area contributed by atoms with Gasteiger partial charge in [0, 0.05) is 80.6 Å². The molecule has 9 N–H and O–H groups in total. The Morgan fingerprint density at radius 2 is 0.862 bits per heavy atom. The third-order valence-corrected chi connectivity index (χ3v) is 15.7. The molecule has 0 radical (unpaired) electrons. The number of carbonyl (C=O) groups is 3. The second-order valence-electron chi connectivity index (χ2n) is 23.2. The number of phenols is 8. The smallest absolute Gasteiger partial charge is 0.239 e. The van der Waals surface area contributed by atoms with Crippen LogP contribution < -0.4 is 35.1 Å². The van der Waals surface area contributed by atoms with Crippen LogP contribution in [0.4, 0.5) is 0 Å². The van der Waals surface area contributed by atoms with Crippen molar-refractivity contribution in [3.05, 3.63) is 105 Å². The topological polar surface area (TPSA) is 341 Å². The van der Waals surface area contributed by atoms with Gasteiger partial charge in [0.1, 0.15) is 69.7 Å². The van der Waals surface area contributed by atoms with Crippen LogP contribution in [0.5, 0.6) is 69.0 Å². The second-order valence-corrected chi connectivity index (χ2v) is 23.2. The van der Waals surface area contributed by atoms with Crippen molar-refractivity contribution in [1.82, 2.24) is 5.32 Å². The van der Waals surface area contributed by atoms with Crippen molar-refractivity contribution in [2.45, 2.75) is 155 Å². The molecule has 0 aliphatic carbocycles. The van der Waals surface area contributed by atoms with Gasteiger partial charge in [-0.2, -0.15) is 0 Å². The van der Waals surface area contributed by atoms with Crippen LogP contribution in [0.25, 0.3) is 44.6 Å². The Hall–Kier alpha value is -9.15. The average Bonchev–Trinajstić information content (AvgIpc) is 0.781. The van der Waals surface area contributed by atoms with Crippen molar-refractivity contribution >= 4 is 39.4 Å². The van der Waals surface area contributed by atoms with E-state index in [4.69, 9.17) is 37.3 Å². The summed E-state index contributed by atoms with van der Waals surface area (Å²) in [6, 6.07) is 17.4. The Bertz CT molecular complexity index is 3720. The molecule has 94 heavy (non-hydrogen) atoms. The molecule has 0 atom stereocenters. The average molecular weight is 1300 g/mol. The molecule has 22 heteroatoms. The lowest BCUT2D eigenvalue weighted by atomic mass is 10.0. The molecule has 0 saturated heterocycles. The van der Waals surface area contributed by atoms with E-state index in [0.29, 0.717) is 56.4 Å². The van der Waals surface area contributed by atoms with E-state index in [1.54, 1.807) is 0 Å². The Morgan fingerprint density at radius 3 is 1.38 bits per heavy atom. The summed E-state index contributed by atoms with van der Waals surface area (Å²) in [7, 11) is 0. The van der Waals surface area contributed by atoms with Crippen molar-refractivity contribution in [2.24, 2.45) is 0 Å². The number of amides is 1. The monoisotopic (exact) mass is 1300 g/mol. The van der Waals surface area contributed by atoms with Gasteiger partial charge < -0.3 is 83.4 Å². The van der Waals surface area contributed by atoms with Gasteiger partial charge >= 0.3 is 0 Å². The number of aromatic hydroxyl groups is 8. The van der Waals surface area contributed by atoms with Crippen LogP contribution in [0.1, 0.15) is 154 Å². The summed E-state index contributed by atoms with van der Waals surface area (Å²) in [6.45, 7) is 2.85. The Labute approximate surface area is 545 Å². The zero-order valence-electron chi connectivity index (χ0n) is 53.5. The van der Waals surface area contributed by atoms with Crippen LogP contribution in [-0.2, 0) is 30.3 Å². The highest BCUT2D eigenvalue weighted by Gasteiger charge is 2.24. The van der Waals surface area contributed by atoms with Crippen LogP contribution in [-0.4, -0.2) is 118 Å². The van der Waals surface area contributed by atoms with Crippen LogP contribution in [0.2, 0.25) is 0 Å². The van der Waals surface area contributed by atoms with Gasteiger partial charge in [0.05, 0.1) is 33.0 Å². The number of hydrogen-bond acceptors (Lipinski definition) is 21. The second kappa shape index (κ2) is 38.1. The molecular weight excluding hydrogens is 1210 g/mol. The van der Waals surface area contributed by atoms with Gasteiger partial charge in [-0.1, -0.05) is 90.0 Å². The first kappa shape index (κ1) is 72.3. The molecule has 0 bridgehead atoms. The SMILES string of the molecule is CCCCCCCCCCCCCCCC(=O)CCCc1ccc(OCCCC(=O)CCCOCCOc2c(-c3ccc(O)c(O)c3)oc3cc(O)cc(O)c3c2=O)c(OCCCC(=O)NCCOCCOc2c(-c3ccc(O)c(O)c3)oc3cc(O)cc(O)c3c2=O)c1. The first-order valence-electron chi connectivity index (χ1n) is 32.7. The van der Waals surface area contributed by atoms with E-state index in [2.05, 4.69) is 12.2 Å². The fraction of sp³-hybridized carbons (Fsp3) is 0.458. The number of ketones is 2. The van der Waals surface area contributed by atoms with Crippen LogP contribution in [0.3, 0.4) is 0 Å². The summed E-state index contributed by atoms with van der Waals surface area (Å²) >= 11 is 0. The molecule has 0 fully saturated rings. The number of benzene rings is 5. The van der Waals surface area contributed by atoms with Crippen LogP contribution in [0, 0.1) is 0 Å². The molecule has 7 rings (SSSR count). The van der Waals surface area contributed by atoms with Gasteiger partial charge in [-0.05, 0) is 92.6 Å². The number of hydrogen-bond donors (Lipinski definition) is 9. The zero-order valence-corrected chi connectivity index (χ0v) is 53.5. The number of nitrogens with one attached hydrogen (secondary N) is 1. The third-order valence-electron chi connectivity index (χ3n) is 15.7. The predicted octanol–water partition coefficient (Wildman–Crippen LogP) is 13.2. The molecule has 1 amide bonds. The minimum atomic E-state index is -0.752. The molecule has 0 unspecified atom stereocenters.